The smallest absolute Gasteiger partial charge is 0.416 e. The highest BCUT2D eigenvalue weighted by atomic mass is 19.4. The van der Waals surface area contributed by atoms with Crippen molar-refractivity contribution in [2.45, 2.75) is 71.1 Å². The molecule has 2 aliphatic carbocycles. The second kappa shape index (κ2) is 7.86. The van der Waals surface area contributed by atoms with Crippen molar-refractivity contribution in [2.75, 3.05) is 7.11 Å². The van der Waals surface area contributed by atoms with E-state index >= 15 is 0 Å². The Balaban J connectivity index is 0.000000284. The van der Waals surface area contributed by atoms with Crippen molar-refractivity contribution in [2.24, 2.45) is 23.7 Å². The lowest BCUT2D eigenvalue weighted by atomic mass is 9.81. The highest BCUT2D eigenvalue weighted by Crippen LogP contribution is 2.52. The molecule has 5 atom stereocenters. The fraction of sp³-hybridized carbons (Fsp3) is 0.941. The van der Waals surface area contributed by atoms with Crippen LogP contribution in [-0.2, 0) is 9.53 Å². The van der Waals surface area contributed by atoms with Crippen molar-refractivity contribution in [3.8, 4) is 0 Å². The van der Waals surface area contributed by atoms with E-state index in [0.29, 0.717) is 11.8 Å². The molecule has 6 heteroatoms. The molecule has 0 radical (unpaired) electrons. The molecule has 2 aliphatic rings. The first-order chi connectivity index (χ1) is 10.5. The lowest BCUT2D eigenvalue weighted by Gasteiger charge is -2.32. The number of carbonyl (C=O) groups is 1. The molecule has 1 N–H and O–H groups in total. The normalized spacial score (nSPS) is 30.2. The maximum atomic E-state index is 12.5. The third kappa shape index (κ3) is 5.37. The molecule has 0 saturated heterocycles. The highest BCUT2D eigenvalue weighted by molar-refractivity contribution is 5.71. The van der Waals surface area contributed by atoms with Crippen LogP contribution < -0.4 is 0 Å². The van der Waals surface area contributed by atoms with Crippen LogP contribution in [0.2, 0.25) is 0 Å². The highest BCUT2D eigenvalue weighted by Gasteiger charge is 2.53. The van der Waals surface area contributed by atoms with Crippen LogP contribution in [0.5, 0.6) is 0 Å². The number of ether oxygens (including phenoxy) is 1. The minimum Gasteiger partial charge on any atom is -0.469 e. The van der Waals surface area contributed by atoms with Crippen molar-refractivity contribution in [3.63, 3.8) is 0 Å². The van der Waals surface area contributed by atoms with Gasteiger partial charge in [-0.2, -0.15) is 13.2 Å². The Bertz CT molecular complexity index is 393. The summed E-state index contributed by atoms with van der Waals surface area (Å²) < 4.78 is 41.9. The minimum atomic E-state index is -4.49. The summed E-state index contributed by atoms with van der Waals surface area (Å²) in [6, 6.07) is 0. The molecule has 23 heavy (non-hydrogen) atoms. The van der Waals surface area contributed by atoms with E-state index in [2.05, 4.69) is 4.74 Å². The summed E-state index contributed by atoms with van der Waals surface area (Å²) in [6.07, 6.45) is 0.452. The van der Waals surface area contributed by atoms with Gasteiger partial charge in [0, 0.05) is 0 Å². The number of aliphatic hydroxyl groups is 1. The number of alkyl halides is 3. The molecule has 2 fully saturated rings. The Labute approximate surface area is 136 Å². The molecule has 136 valence electrons. The maximum Gasteiger partial charge on any atom is 0.416 e. The number of carbonyl (C=O) groups excluding carboxylic acids is 1. The van der Waals surface area contributed by atoms with Crippen molar-refractivity contribution < 1.29 is 27.8 Å². The first kappa shape index (κ1) is 20.3. The first-order valence-corrected chi connectivity index (χ1v) is 8.38. The average molecular weight is 338 g/mol. The Morgan fingerprint density at radius 2 is 1.91 bits per heavy atom. The molecule has 0 heterocycles. The molecule has 0 spiro atoms. The van der Waals surface area contributed by atoms with Crippen LogP contribution in [0.1, 0.15) is 59.3 Å². The molecular weight excluding hydrogens is 309 g/mol. The number of esters is 1. The van der Waals surface area contributed by atoms with E-state index in [1.54, 1.807) is 0 Å². The Kier molecular flexibility index (Phi) is 6.93. The summed E-state index contributed by atoms with van der Waals surface area (Å²) in [7, 11) is 1.41. The monoisotopic (exact) mass is 338 g/mol. The number of methoxy groups -OCH3 is 1. The number of hydrogen-bond donors (Lipinski definition) is 1. The first-order valence-electron chi connectivity index (χ1n) is 8.38. The van der Waals surface area contributed by atoms with Crippen LogP contribution >= 0.6 is 0 Å². The Morgan fingerprint density at radius 3 is 2.22 bits per heavy atom. The van der Waals surface area contributed by atoms with Gasteiger partial charge in [0.25, 0.3) is 0 Å². The third-order valence-electron chi connectivity index (χ3n) is 5.37. The molecule has 0 aliphatic heterocycles. The van der Waals surface area contributed by atoms with E-state index in [9.17, 15) is 23.1 Å². The molecule has 5 unspecified atom stereocenters. The topological polar surface area (TPSA) is 46.5 Å². The summed E-state index contributed by atoms with van der Waals surface area (Å²) in [4.78, 5) is 10.5. The third-order valence-corrected chi connectivity index (χ3v) is 5.37. The molecule has 2 bridgehead atoms. The van der Waals surface area contributed by atoms with E-state index in [4.69, 9.17) is 0 Å². The predicted molar refractivity (Wildman–Crippen MR) is 81.7 cm³/mol. The fourth-order valence-corrected chi connectivity index (χ4v) is 3.62. The van der Waals surface area contributed by atoms with Gasteiger partial charge in [0.1, 0.15) is 0 Å². The molecule has 0 aromatic heterocycles. The lowest BCUT2D eigenvalue weighted by molar-refractivity contribution is -0.259. The second-order valence-corrected chi connectivity index (χ2v) is 7.24. The van der Waals surface area contributed by atoms with Gasteiger partial charge in [0.05, 0.1) is 13.0 Å². The van der Waals surface area contributed by atoms with Crippen molar-refractivity contribution >= 4 is 5.97 Å². The van der Waals surface area contributed by atoms with Gasteiger partial charge < -0.3 is 9.84 Å². The van der Waals surface area contributed by atoms with Crippen molar-refractivity contribution in [3.05, 3.63) is 0 Å². The van der Waals surface area contributed by atoms with Crippen LogP contribution in [0.4, 0.5) is 13.2 Å². The molecule has 0 aromatic carbocycles. The Morgan fingerprint density at radius 1 is 1.30 bits per heavy atom. The minimum absolute atomic E-state index is 0.0556. The van der Waals surface area contributed by atoms with E-state index in [-0.39, 0.29) is 24.2 Å². The van der Waals surface area contributed by atoms with E-state index in [1.165, 1.54) is 13.5 Å². The number of fused-ring (bicyclic) bond motifs is 2. The molecule has 0 aromatic rings. The van der Waals surface area contributed by atoms with E-state index in [1.807, 2.05) is 13.8 Å². The molecule has 2 saturated carbocycles. The maximum absolute atomic E-state index is 12.5. The number of hydrogen-bond acceptors (Lipinski definition) is 3. The van der Waals surface area contributed by atoms with Gasteiger partial charge in [-0.05, 0) is 56.8 Å². The zero-order chi connectivity index (χ0) is 17.8. The largest absolute Gasteiger partial charge is 0.469 e. The second-order valence-electron chi connectivity index (χ2n) is 7.24. The standard InChI is InChI=1S/C11H17F3O.C6H12O2/c1-10(15,11(12,13)14)6-9-5-7-2-3-8(9)4-7;1-4-5(2)6(7)8-3/h7-9,15H,2-6H2,1H3;5H,4H2,1-3H3. The van der Waals surface area contributed by atoms with Gasteiger partial charge in [-0.25, -0.2) is 0 Å². The Hall–Kier alpha value is -0.780. The SMILES string of the molecule is CC(O)(CC1CC2CCC1C2)C(F)(F)F.CCC(C)C(=O)OC. The summed E-state index contributed by atoms with van der Waals surface area (Å²) in [6.45, 7) is 4.71. The van der Waals surface area contributed by atoms with Crippen LogP contribution in [0.25, 0.3) is 0 Å². The fourth-order valence-electron chi connectivity index (χ4n) is 3.62. The van der Waals surface area contributed by atoms with Crippen LogP contribution in [-0.4, -0.2) is 30.0 Å². The zero-order valence-electron chi connectivity index (χ0n) is 14.4. The molecule has 3 nitrogen and oxygen atoms in total. The lowest BCUT2D eigenvalue weighted by Crippen LogP contribution is -2.44. The van der Waals surface area contributed by atoms with Crippen LogP contribution in [0, 0.1) is 23.7 Å². The van der Waals surface area contributed by atoms with Gasteiger partial charge in [0.15, 0.2) is 5.60 Å². The van der Waals surface area contributed by atoms with Crippen molar-refractivity contribution in [1.29, 1.82) is 0 Å². The van der Waals surface area contributed by atoms with E-state index < -0.39 is 11.8 Å². The van der Waals surface area contributed by atoms with Gasteiger partial charge in [-0.3, -0.25) is 4.79 Å². The quantitative estimate of drug-likeness (QED) is 0.776. The number of halogens is 3. The molecule has 2 rings (SSSR count). The summed E-state index contributed by atoms with van der Waals surface area (Å²) >= 11 is 0. The summed E-state index contributed by atoms with van der Waals surface area (Å²) in [5.74, 6) is 1.08. The summed E-state index contributed by atoms with van der Waals surface area (Å²) in [5.41, 5.74) is -2.50. The number of rotatable bonds is 4. The van der Waals surface area contributed by atoms with Crippen molar-refractivity contribution in [1.82, 2.24) is 0 Å². The van der Waals surface area contributed by atoms with E-state index in [0.717, 1.165) is 32.6 Å². The summed E-state index contributed by atoms with van der Waals surface area (Å²) in [5, 5.41) is 9.41. The molecular formula is C17H29F3O3. The van der Waals surface area contributed by atoms with Gasteiger partial charge >= 0.3 is 12.1 Å². The zero-order valence-corrected chi connectivity index (χ0v) is 14.4. The average Bonchev–Trinajstić information content (AvgIpc) is 3.07. The van der Waals surface area contributed by atoms with Gasteiger partial charge in [0.2, 0.25) is 0 Å². The van der Waals surface area contributed by atoms with Gasteiger partial charge in [-0.1, -0.05) is 20.3 Å². The molecule has 0 amide bonds. The van der Waals surface area contributed by atoms with Crippen LogP contribution in [0.3, 0.4) is 0 Å². The predicted octanol–water partition coefficient (Wildman–Crippen LogP) is 4.33. The van der Waals surface area contributed by atoms with Crippen LogP contribution in [0.15, 0.2) is 0 Å². The van der Waals surface area contributed by atoms with Gasteiger partial charge in [-0.15, -0.1) is 0 Å².